The number of thioether (sulfide) groups is 1. The SMILES string of the molecule is CCOc1ccc(Br)cc1/C=N\NC(=O)CSc1nc(C)cc(C)n1. The highest BCUT2D eigenvalue weighted by molar-refractivity contribution is 9.10. The minimum Gasteiger partial charge on any atom is -0.493 e. The van der Waals surface area contributed by atoms with Crippen LogP contribution in [0.5, 0.6) is 5.75 Å². The molecule has 0 atom stereocenters. The molecule has 0 radical (unpaired) electrons. The van der Waals surface area contributed by atoms with Gasteiger partial charge in [0.1, 0.15) is 5.75 Å². The van der Waals surface area contributed by atoms with Crippen molar-refractivity contribution >= 4 is 39.8 Å². The number of hydrogen-bond acceptors (Lipinski definition) is 6. The molecule has 2 rings (SSSR count). The van der Waals surface area contributed by atoms with E-state index in [9.17, 15) is 4.79 Å². The molecule has 25 heavy (non-hydrogen) atoms. The molecule has 1 N–H and O–H groups in total. The third kappa shape index (κ3) is 6.47. The second-order valence-electron chi connectivity index (χ2n) is 5.13. The van der Waals surface area contributed by atoms with Gasteiger partial charge in [0.05, 0.1) is 18.6 Å². The highest BCUT2D eigenvalue weighted by Crippen LogP contribution is 2.21. The number of nitrogens with zero attached hydrogens (tertiary/aromatic N) is 3. The first kappa shape index (κ1) is 19.4. The summed E-state index contributed by atoms with van der Waals surface area (Å²) in [6.45, 7) is 6.27. The van der Waals surface area contributed by atoms with Crippen molar-refractivity contribution in [2.45, 2.75) is 25.9 Å². The van der Waals surface area contributed by atoms with E-state index in [-0.39, 0.29) is 11.7 Å². The number of aromatic nitrogens is 2. The number of carbonyl (C=O) groups is 1. The number of ether oxygens (including phenoxy) is 1. The largest absolute Gasteiger partial charge is 0.493 e. The van der Waals surface area contributed by atoms with Gasteiger partial charge in [0.25, 0.3) is 5.91 Å². The lowest BCUT2D eigenvalue weighted by atomic mass is 10.2. The Bertz CT molecular complexity index is 763. The summed E-state index contributed by atoms with van der Waals surface area (Å²) in [4.78, 5) is 20.5. The molecule has 0 aliphatic heterocycles. The van der Waals surface area contributed by atoms with E-state index >= 15 is 0 Å². The lowest BCUT2D eigenvalue weighted by Gasteiger charge is -2.07. The summed E-state index contributed by atoms with van der Waals surface area (Å²) in [5.74, 6) is 0.676. The number of hydrogen-bond donors (Lipinski definition) is 1. The van der Waals surface area contributed by atoms with E-state index in [1.807, 2.05) is 45.0 Å². The first-order chi connectivity index (χ1) is 12.0. The molecule has 0 spiro atoms. The zero-order valence-corrected chi connectivity index (χ0v) is 16.6. The number of amides is 1. The Balaban J connectivity index is 1.91. The van der Waals surface area contributed by atoms with Crippen LogP contribution in [0.15, 0.2) is 39.0 Å². The summed E-state index contributed by atoms with van der Waals surface area (Å²) in [5, 5.41) is 4.58. The molecule has 0 aliphatic rings. The van der Waals surface area contributed by atoms with Gasteiger partial charge in [-0.1, -0.05) is 27.7 Å². The van der Waals surface area contributed by atoms with Gasteiger partial charge in [-0.3, -0.25) is 4.79 Å². The molecule has 132 valence electrons. The van der Waals surface area contributed by atoms with Crippen LogP contribution < -0.4 is 10.2 Å². The van der Waals surface area contributed by atoms with Gasteiger partial charge in [0, 0.05) is 21.4 Å². The van der Waals surface area contributed by atoms with Crippen LogP contribution in [0.25, 0.3) is 0 Å². The van der Waals surface area contributed by atoms with Gasteiger partial charge in [-0.2, -0.15) is 5.10 Å². The molecule has 0 fully saturated rings. The summed E-state index contributed by atoms with van der Waals surface area (Å²) in [6, 6.07) is 7.51. The van der Waals surface area contributed by atoms with Crippen LogP contribution in [-0.2, 0) is 4.79 Å². The van der Waals surface area contributed by atoms with Crippen LogP contribution >= 0.6 is 27.7 Å². The number of nitrogens with one attached hydrogen (secondary N) is 1. The first-order valence-corrected chi connectivity index (χ1v) is 9.45. The minimum atomic E-state index is -0.225. The molecule has 1 amide bonds. The quantitative estimate of drug-likeness (QED) is 0.319. The molecular formula is C17H19BrN4O2S. The predicted octanol–water partition coefficient (Wildman–Crippen LogP) is 3.50. The molecule has 0 unspecified atom stereocenters. The van der Waals surface area contributed by atoms with Gasteiger partial charge in [0.15, 0.2) is 5.16 Å². The third-order valence-corrected chi connectivity index (χ3v) is 4.30. The number of benzene rings is 1. The molecule has 1 heterocycles. The number of aryl methyl sites for hydroxylation is 2. The van der Waals surface area contributed by atoms with Crippen molar-refractivity contribution in [2.24, 2.45) is 5.10 Å². The fraction of sp³-hybridized carbons (Fsp3) is 0.294. The van der Waals surface area contributed by atoms with Crippen LogP contribution in [-0.4, -0.2) is 34.4 Å². The lowest BCUT2D eigenvalue weighted by molar-refractivity contribution is -0.118. The van der Waals surface area contributed by atoms with E-state index in [0.29, 0.717) is 17.5 Å². The van der Waals surface area contributed by atoms with Crippen molar-refractivity contribution in [2.75, 3.05) is 12.4 Å². The summed E-state index contributed by atoms with van der Waals surface area (Å²) >= 11 is 4.69. The smallest absolute Gasteiger partial charge is 0.250 e. The monoisotopic (exact) mass is 422 g/mol. The predicted molar refractivity (Wildman–Crippen MR) is 103 cm³/mol. The van der Waals surface area contributed by atoms with Crippen LogP contribution in [0.2, 0.25) is 0 Å². The van der Waals surface area contributed by atoms with Crippen molar-refractivity contribution in [3.05, 3.63) is 45.7 Å². The Morgan fingerprint density at radius 1 is 1.32 bits per heavy atom. The van der Waals surface area contributed by atoms with Crippen molar-refractivity contribution in [3.63, 3.8) is 0 Å². The van der Waals surface area contributed by atoms with E-state index in [4.69, 9.17) is 4.74 Å². The topological polar surface area (TPSA) is 76.5 Å². The average Bonchev–Trinajstić information content (AvgIpc) is 2.54. The maximum absolute atomic E-state index is 11.9. The molecule has 8 heteroatoms. The zero-order chi connectivity index (χ0) is 18.2. The van der Waals surface area contributed by atoms with Crippen LogP contribution in [0.3, 0.4) is 0 Å². The second kappa shape index (κ2) is 9.53. The Hall–Kier alpha value is -1.93. The minimum absolute atomic E-state index is 0.192. The summed E-state index contributed by atoms with van der Waals surface area (Å²) in [7, 11) is 0. The molecule has 1 aromatic carbocycles. The Labute approximate surface area is 159 Å². The van der Waals surface area contributed by atoms with Gasteiger partial charge >= 0.3 is 0 Å². The fourth-order valence-electron chi connectivity index (χ4n) is 2.00. The number of hydrazone groups is 1. The fourth-order valence-corrected chi connectivity index (χ4v) is 3.12. The summed E-state index contributed by atoms with van der Waals surface area (Å²) < 4.78 is 6.44. The van der Waals surface area contributed by atoms with Crippen molar-refractivity contribution in [3.8, 4) is 5.75 Å². The highest BCUT2D eigenvalue weighted by Gasteiger charge is 2.06. The van der Waals surface area contributed by atoms with Gasteiger partial charge in [-0.25, -0.2) is 15.4 Å². The second-order valence-corrected chi connectivity index (χ2v) is 6.99. The molecule has 0 aliphatic carbocycles. The average molecular weight is 423 g/mol. The van der Waals surface area contributed by atoms with Crippen LogP contribution in [0.4, 0.5) is 0 Å². The van der Waals surface area contributed by atoms with Crippen molar-refractivity contribution < 1.29 is 9.53 Å². The number of halogens is 1. The van der Waals surface area contributed by atoms with Gasteiger partial charge in [-0.05, 0) is 45.0 Å². The van der Waals surface area contributed by atoms with Crippen LogP contribution in [0, 0.1) is 13.8 Å². The van der Waals surface area contributed by atoms with Gasteiger partial charge in [0.2, 0.25) is 0 Å². The highest BCUT2D eigenvalue weighted by atomic mass is 79.9. The molecule has 6 nitrogen and oxygen atoms in total. The van der Waals surface area contributed by atoms with Gasteiger partial charge < -0.3 is 4.74 Å². The van der Waals surface area contributed by atoms with E-state index in [1.54, 1.807) is 6.21 Å². The standard InChI is InChI=1S/C17H19BrN4O2S/c1-4-24-15-6-5-14(18)8-13(15)9-19-22-16(23)10-25-17-20-11(2)7-12(3)21-17/h5-9H,4,10H2,1-3H3,(H,22,23)/b19-9-. The number of rotatable bonds is 7. The van der Waals surface area contributed by atoms with E-state index in [0.717, 1.165) is 21.4 Å². The maximum Gasteiger partial charge on any atom is 0.250 e. The summed E-state index contributed by atoms with van der Waals surface area (Å²) in [5.41, 5.74) is 5.04. The van der Waals surface area contributed by atoms with Crippen molar-refractivity contribution in [1.82, 2.24) is 15.4 Å². The molecule has 0 saturated carbocycles. The lowest BCUT2D eigenvalue weighted by Crippen LogP contribution is -2.20. The molecule has 1 aromatic heterocycles. The third-order valence-electron chi connectivity index (χ3n) is 2.96. The van der Waals surface area contributed by atoms with E-state index < -0.39 is 0 Å². The molecule has 2 aromatic rings. The first-order valence-electron chi connectivity index (χ1n) is 7.67. The van der Waals surface area contributed by atoms with Crippen LogP contribution in [0.1, 0.15) is 23.9 Å². The maximum atomic E-state index is 11.9. The number of carbonyl (C=O) groups excluding carboxylic acids is 1. The zero-order valence-electron chi connectivity index (χ0n) is 14.2. The normalized spacial score (nSPS) is 10.9. The van der Waals surface area contributed by atoms with E-state index in [1.165, 1.54) is 11.8 Å². The molecular weight excluding hydrogens is 404 g/mol. The molecule has 0 bridgehead atoms. The Kier molecular flexibility index (Phi) is 7.39. The Morgan fingerprint density at radius 2 is 2.04 bits per heavy atom. The van der Waals surface area contributed by atoms with E-state index in [2.05, 4.69) is 36.4 Å². The Morgan fingerprint density at radius 3 is 2.72 bits per heavy atom. The molecule has 0 saturated heterocycles. The van der Waals surface area contributed by atoms with Gasteiger partial charge in [-0.15, -0.1) is 0 Å². The summed E-state index contributed by atoms with van der Waals surface area (Å²) in [6.07, 6.45) is 1.56. The van der Waals surface area contributed by atoms with Crippen molar-refractivity contribution in [1.29, 1.82) is 0 Å².